The third-order valence-corrected chi connectivity index (χ3v) is 22.9. The number of fused-ring (bicyclic) bond motifs is 21. The molecule has 0 unspecified atom stereocenters. The van der Waals surface area contributed by atoms with E-state index >= 15 is 0 Å². The molecule has 0 saturated heterocycles. The molecule has 5 heterocycles. The zero-order chi connectivity index (χ0) is 66.0. The van der Waals surface area contributed by atoms with Crippen molar-refractivity contribution in [2.24, 2.45) is 0 Å². The lowest BCUT2D eigenvalue weighted by Crippen LogP contribution is -1.96. The maximum Gasteiger partial charge on any atom is 0.0625 e. The van der Waals surface area contributed by atoms with Gasteiger partial charge in [-0.1, -0.05) is 224 Å². The zero-order valence-electron chi connectivity index (χ0n) is 54.7. The standard InChI is InChI=1S/C96H58N4S/c1-3-20-60(21-4-1)79-57-71(58-84-76-32-15-18-37-93(76)101-96(79)84)99-87-36-17-14-31-75(87)81-53-65(41-47-89(81)99)64-40-46-88-80(52-64)74-30-13-16-35-86(74)98(88)70-27-19-24-61(50-70)59-38-44-69(45-39-59)100-91-49-43-67(55-85(91)94-77-33-11-9-28-72(77)73-29-10-12-34-78(73)95(94)100)66-42-48-90-82(54-66)83-51-62-22-7-8-23-63(62)56-92(83)97(90)68-25-5-2-6-26-68/h1-58H. The molecule has 101 heavy (non-hydrogen) atoms. The summed E-state index contributed by atoms with van der Waals surface area (Å²) in [4.78, 5) is 0. The van der Waals surface area contributed by atoms with Gasteiger partial charge < -0.3 is 18.3 Å². The minimum Gasteiger partial charge on any atom is -0.309 e. The number of para-hydroxylation sites is 3. The van der Waals surface area contributed by atoms with Crippen LogP contribution < -0.4 is 0 Å². The first-order valence-electron chi connectivity index (χ1n) is 34.8. The molecular weight excluding hydrogens is 1240 g/mol. The summed E-state index contributed by atoms with van der Waals surface area (Å²) in [5, 5.41) is 20.0. The Morgan fingerprint density at radius 1 is 0.188 bits per heavy atom. The van der Waals surface area contributed by atoms with Crippen molar-refractivity contribution in [3.8, 4) is 67.3 Å². The van der Waals surface area contributed by atoms with Gasteiger partial charge in [0.25, 0.3) is 0 Å². The minimum atomic E-state index is 1.12. The van der Waals surface area contributed by atoms with E-state index in [1.165, 1.54) is 173 Å². The SMILES string of the molecule is c1ccc(-c2cc(-n3c4ccccc4c4cc(-c5ccc6c(c5)c5ccccc5n6-c5cccc(-c6ccc(-n7c8ccc(-c9ccc%10c(c9)c9cc%11ccccc%11cc9n%10-c9ccccc9)cc8c8c9ccccc9c9ccccc9c87)cc6)c5)ccc43)cc3c2sc2ccccc23)cc1. The van der Waals surface area contributed by atoms with Gasteiger partial charge in [-0.25, -0.2) is 0 Å². The monoisotopic (exact) mass is 1300 g/mol. The van der Waals surface area contributed by atoms with Gasteiger partial charge in [-0.2, -0.15) is 0 Å². The van der Waals surface area contributed by atoms with Gasteiger partial charge in [0.1, 0.15) is 0 Å². The second-order valence-corrected chi connectivity index (χ2v) is 28.2. The van der Waals surface area contributed by atoms with Gasteiger partial charge in [0.15, 0.2) is 0 Å². The van der Waals surface area contributed by atoms with E-state index in [-0.39, 0.29) is 0 Å². The summed E-state index contributed by atoms with van der Waals surface area (Å²) in [6.07, 6.45) is 0. The molecule has 0 aliphatic carbocycles. The number of aromatic nitrogens is 4. The van der Waals surface area contributed by atoms with Crippen LogP contribution >= 0.6 is 11.3 Å². The molecule has 0 bridgehead atoms. The summed E-state index contributed by atoms with van der Waals surface area (Å²) in [6, 6.07) is 131. The summed E-state index contributed by atoms with van der Waals surface area (Å²) >= 11 is 1.89. The van der Waals surface area contributed by atoms with Gasteiger partial charge in [-0.15, -0.1) is 11.3 Å². The number of benzene rings is 17. The summed E-state index contributed by atoms with van der Waals surface area (Å²) in [5.41, 5.74) is 23.6. The number of nitrogens with zero attached hydrogens (tertiary/aromatic N) is 4. The van der Waals surface area contributed by atoms with Gasteiger partial charge >= 0.3 is 0 Å². The third-order valence-electron chi connectivity index (χ3n) is 21.7. The van der Waals surface area contributed by atoms with E-state index in [1.54, 1.807) is 0 Å². The van der Waals surface area contributed by atoms with Crippen molar-refractivity contribution >= 4 is 151 Å². The van der Waals surface area contributed by atoms with Crippen LogP contribution in [-0.4, -0.2) is 18.3 Å². The topological polar surface area (TPSA) is 19.7 Å². The molecule has 0 spiro atoms. The molecule has 22 rings (SSSR count). The Balaban J connectivity index is 0.641. The Labute approximate surface area is 584 Å². The lowest BCUT2D eigenvalue weighted by Gasteiger charge is -2.14. The van der Waals surface area contributed by atoms with Crippen LogP contribution in [0.1, 0.15) is 0 Å². The predicted molar refractivity (Wildman–Crippen MR) is 431 cm³/mol. The lowest BCUT2D eigenvalue weighted by molar-refractivity contribution is 1.18. The number of hydrogen-bond donors (Lipinski definition) is 0. The van der Waals surface area contributed by atoms with E-state index in [4.69, 9.17) is 0 Å². The van der Waals surface area contributed by atoms with Crippen LogP contribution in [0.3, 0.4) is 0 Å². The van der Waals surface area contributed by atoms with Gasteiger partial charge in [-0.05, 0) is 193 Å². The first-order valence-corrected chi connectivity index (χ1v) is 35.6. The van der Waals surface area contributed by atoms with Crippen LogP contribution in [0.25, 0.3) is 207 Å². The molecule has 0 N–H and O–H groups in total. The lowest BCUT2D eigenvalue weighted by atomic mass is 9.95. The number of thiophene rings is 1. The second kappa shape index (κ2) is 21.7. The largest absolute Gasteiger partial charge is 0.309 e. The van der Waals surface area contributed by atoms with Gasteiger partial charge in [-0.3, -0.25) is 0 Å². The van der Waals surface area contributed by atoms with Crippen molar-refractivity contribution < 1.29 is 0 Å². The van der Waals surface area contributed by atoms with Crippen LogP contribution in [0.15, 0.2) is 352 Å². The van der Waals surface area contributed by atoms with Crippen LogP contribution in [0.4, 0.5) is 0 Å². The maximum atomic E-state index is 2.52. The maximum absolute atomic E-state index is 2.52. The molecule has 4 nitrogen and oxygen atoms in total. The fourth-order valence-electron chi connectivity index (χ4n) is 17.1. The first-order chi connectivity index (χ1) is 50.1. The van der Waals surface area contributed by atoms with E-state index in [9.17, 15) is 0 Å². The Hall–Kier alpha value is -13.1. The molecule has 22 aromatic rings. The van der Waals surface area contributed by atoms with Crippen LogP contribution in [0.2, 0.25) is 0 Å². The quantitative estimate of drug-likeness (QED) is 0.135. The molecule has 0 saturated carbocycles. The summed E-state index contributed by atoms with van der Waals surface area (Å²) < 4.78 is 12.5. The first kappa shape index (κ1) is 56.0. The van der Waals surface area contributed by atoms with Gasteiger partial charge in [0.05, 0.1) is 44.1 Å². The molecule has 5 aromatic heterocycles. The smallest absolute Gasteiger partial charge is 0.0625 e. The third kappa shape index (κ3) is 8.42. The molecule has 468 valence electrons. The van der Waals surface area contributed by atoms with Gasteiger partial charge in [0, 0.05) is 97.0 Å². The van der Waals surface area contributed by atoms with E-state index in [0.717, 1.165) is 33.9 Å². The highest BCUT2D eigenvalue weighted by Gasteiger charge is 2.24. The molecular formula is C96H58N4S. The summed E-state index contributed by atoms with van der Waals surface area (Å²) in [7, 11) is 0. The van der Waals surface area contributed by atoms with Crippen molar-refractivity contribution in [1.29, 1.82) is 0 Å². The molecule has 0 aliphatic heterocycles. The highest BCUT2D eigenvalue weighted by Crippen LogP contribution is 2.48. The highest BCUT2D eigenvalue weighted by atomic mass is 32.1. The van der Waals surface area contributed by atoms with Crippen LogP contribution in [-0.2, 0) is 0 Å². The fourth-order valence-corrected chi connectivity index (χ4v) is 18.3. The molecule has 0 fully saturated rings. The Bertz CT molecular complexity index is 7240. The fraction of sp³-hybridized carbons (Fsp3) is 0. The average molecular weight is 1300 g/mol. The van der Waals surface area contributed by atoms with E-state index < -0.39 is 0 Å². The van der Waals surface area contributed by atoms with E-state index in [1.807, 2.05) is 11.3 Å². The van der Waals surface area contributed by atoms with Crippen LogP contribution in [0.5, 0.6) is 0 Å². The molecule has 0 radical (unpaired) electrons. The van der Waals surface area contributed by atoms with Crippen molar-refractivity contribution in [2.45, 2.75) is 0 Å². The summed E-state index contributed by atoms with van der Waals surface area (Å²) in [5.74, 6) is 0. The van der Waals surface area contributed by atoms with E-state index in [0.29, 0.717) is 0 Å². The van der Waals surface area contributed by atoms with Crippen molar-refractivity contribution in [2.75, 3.05) is 0 Å². The normalized spacial score (nSPS) is 12.2. The molecule has 0 atom stereocenters. The highest BCUT2D eigenvalue weighted by molar-refractivity contribution is 7.26. The number of rotatable bonds is 8. The molecule has 0 amide bonds. The van der Waals surface area contributed by atoms with E-state index in [2.05, 4.69) is 370 Å². The zero-order valence-corrected chi connectivity index (χ0v) is 55.5. The van der Waals surface area contributed by atoms with Crippen LogP contribution in [0, 0.1) is 0 Å². The minimum absolute atomic E-state index is 1.12. The van der Waals surface area contributed by atoms with Crippen molar-refractivity contribution in [3.63, 3.8) is 0 Å². The Kier molecular flexibility index (Phi) is 12.0. The summed E-state index contributed by atoms with van der Waals surface area (Å²) in [6.45, 7) is 0. The van der Waals surface area contributed by atoms with Crippen molar-refractivity contribution in [1.82, 2.24) is 18.3 Å². The predicted octanol–water partition coefficient (Wildman–Crippen LogP) is 26.6. The molecule has 17 aromatic carbocycles. The average Bonchev–Trinajstić information content (AvgIpc) is 1.56. The van der Waals surface area contributed by atoms with Gasteiger partial charge in [0.2, 0.25) is 0 Å². The Morgan fingerprint density at radius 2 is 0.614 bits per heavy atom. The number of hydrogen-bond acceptors (Lipinski definition) is 1. The molecule has 0 aliphatic rings. The molecule has 5 heteroatoms. The van der Waals surface area contributed by atoms with Crippen molar-refractivity contribution in [3.05, 3.63) is 352 Å². The Morgan fingerprint density at radius 3 is 1.27 bits per heavy atom. The second-order valence-electron chi connectivity index (χ2n) is 27.1.